The third-order valence-corrected chi connectivity index (χ3v) is 6.72. The summed E-state index contributed by atoms with van der Waals surface area (Å²) in [5.41, 5.74) is 4.42. The number of hydrogen-bond donors (Lipinski definition) is 1. The molecule has 0 unspecified atom stereocenters. The predicted molar refractivity (Wildman–Crippen MR) is 160 cm³/mol. The van der Waals surface area contributed by atoms with E-state index in [2.05, 4.69) is 111 Å². The van der Waals surface area contributed by atoms with Crippen LogP contribution >= 0.6 is 0 Å². The van der Waals surface area contributed by atoms with Crippen molar-refractivity contribution in [1.29, 1.82) is 0 Å². The van der Waals surface area contributed by atoms with Crippen LogP contribution in [0.5, 0.6) is 0 Å². The summed E-state index contributed by atoms with van der Waals surface area (Å²) in [5.74, 6) is 0.463. The van der Waals surface area contributed by atoms with Crippen molar-refractivity contribution in [1.82, 2.24) is 4.98 Å². The Labute approximate surface area is 242 Å². The number of pyridine rings is 1. The van der Waals surface area contributed by atoms with Gasteiger partial charge in [0.15, 0.2) is 5.78 Å². The first-order valence-corrected chi connectivity index (χ1v) is 12.9. The topological polar surface area (TPSA) is 50.2 Å². The summed E-state index contributed by atoms with van der Waals surface area (Å²) < 4.78 is 0. The Balaban J connectivity index is 0.000000394. The molecular formula is C35H30IrNO2-. The normalized spacial score (nSPS) is 11.5. The third kappa shape index (κ3) is 5.93. The Morgan fingerprint density at radius 2 is 1.46 bits per heavy atom. The van der Waals surface area contributed by atoms with E-state index in [0.29, 0.717) is 5.92 Å². The van der Waals surface area contributed by atoms with Crippen LogP contribution in [0.3, 0.4) is 0 Å². The fourth-order valence-corrected chi connectivity index (χ4v) is 4.92. The van der Waals surface area contributed by atoms with E-state index < -0.39 is 0 Å². The molecule has 1 heterocycles. The number of carbonyl (C=O) groups excluding carboxylic acids is 1. The van der Waals surface area contributed by atoms with E-state index in [4.69, 9.17) is 10.1 Å². The molecule has 3 nitrogen and oxygen atoms in total. The van der Waals surface area contributed by atoms with Gasteiger partial charge in [0, 0.05) is 37.3 Å². The largest absolute Gasteiger partial charge is 0.512 e. The minimum Gasteiger partial charge on any atom is -0.512 e. The molecule has 6 rings (SSSR count). The van der Waals surface area contributed by atoms with Gasteiger partial charge in [0.1, 0.15) is 0 Å². The van der Waals surface area contributed by atoms with Crippen LogP contribution < -0.4 is 0 Å². The van der Waals surface area contributed by atoms with E-state index in [0.717, 1.165) is 22.2 Å². The van der Waals surface area contributed by atoms with Gasteiger partial charge in [0.25, 0.3) is 0 Å². The molecule has 6 aromatic rings. The Hall–Kier alpha value is -3.85. The molecule has 0 amide bonds. The molecule has 0 aliphatic rings. The van der Waals surface area contributed by atoms with Crippen LogP contribution in [0.2, 0.25) is 0 Å². The van der Waals surface area contributed by atoms with Crippen molar-refractivity contribution < 1.29 is 30.0 Å². The molecule has 1 N–H and O–H groups in total. The summed E-state index contributed by atoms with van der Waals surface area (Å²) in [4.78, 5) is 15.1. The van der Waals surface area contributed by atoms with E-state index in [1.54, 1.807) is 0 Å². The van der Waals surface area contributed by atoms with Crippen LogP contribution in [0.25, 0.3) is 54.5 Å². The molecule has 39 heavy (non-hydrogen) atoms. The van der Waals surface area contributed by atoms with Crippen LogP contribution in [-0.4, -0.2) is 15.9 Å². The van der Waals surface area contributed by atoms with Gasteiger partial charge in [-0.15, -0.1) is 17.5 Å². The van der Waals surface area contributed by atoms with E-state index in [9.17, 15) is 4.79 Å². The number of benzene rings is 5. The Morgan fingerprint density at radius 3 is 2.13 bits per heavy atom. The second-order valence-electron chi connectivity index (χ2n) is 9.95. The zero-order valence-corrected chi connectivity index (χ0v) is 24.8. The van der Waals surface area contributed by atoms with Gasteiger partial charge >= 0.3 is 0 Å². The molecule has 5 aromatic carbocycles. The fraction of sp³-hybridized carbons (Fsp3) is 0.143. The first-order chi connectivity index (χ1) is 18.3. The summed E-state index contributed by atoms with van der Waals surface area (Å²) in [5, 5.41) is 16.9. The second kappa shape index (κ2) is 11.9. The number of allylic oxidation sites excluding steroid dienone is 2. The van der Waals surface area contributed by atoms with Crippen molar-refractivity contribution in [3.05, 3.63) is 114 Å². The molecular weight excluding hydrogens is 659 g/mol. The fourth-order valence-electron chi connectivity index (χ4n) is 4.92. The molecule has 4 heteroatoms. The van der Waals surface area contributed by atoms with Crippen LogP contribution in [0.1, 0.15) is 39.2 Å². The summed E-state index contributed by atoms with van der Waals surface area (Å²) in [6, 6.07) is 36.2. The van der Waals surface area contributed by atoms with Gasteiger partial charge in [-0.05, 0) is 42.2 Å². The van der Waals surface area contributed by atoms with Crippen molar-refractivity contribution in [2.45, 2.75) is 33.6 Å². The number of aliphatic hydroxyl groups is 1. The van der Waals surface area contributed by atoms with E-state index in [-0.39, 0.29) is 31.6 Å². The summed E-state index contributed by atoms with van der Waals surface area (Å²) in [6.45, 7) is 7.32. The van der Waals surface area contributed by atoms with E-state index in [1.807, 2.05) is 0 Å². The van der Waals surface area contributed by atoms with Crippen LogP contribution in [0.15, 0.2) is 103 Å². The van der Waals surface area contributed by atoms with E-state index in [1.165, 1.54) is 57.8 Å². The quantitative estimate of drug-likeness (QED) is 0.0873. The average molecular weight is 689 g/mol. The van der Waals surface area contributed by atoms with Crippen LogP contribution in [0, 0.1) is 6.07 Å². The summed E-state index contributed by atoms with van der Waals surface area (Å²) >= 11 is 0. The SMILES string of the molecule is CC(=O)/C=C(/C)O.CC(C)c1ccc2c(ccc3nc(-c4[c-]c5ccccc5c5ccccc45)ccc32)c1.[Ir]. The molecule has 0 atom stereocenters. The van der Waals surface area contributed by atoms with Crippen molar-refractivity contribution in [2.75, 3.05) is 0 Å². The van der Waals surface area contributed by atoms with Gasteiger partial charge in [0.2, 0.25) is 0 Å². The second-order valence-corrected chi connectivity index (χ2v) is 9.95. The monoisotopic (exact) mass is 689 g/mol. The molecule has 0 spiro atoms. The number of carbonyl (C=O) groups is 1. The Kier molecular flexibility index (Phi) is 8.60. The maximum atomic E-state index is 10.0. The smallest absolute Gasteiger partial charge is 0.155 e. The number of ketones is 1. The first kappa shape index (κ1) is 28.2. The molecule has 0 aliphatic carbocycles. The van der Waals surface area contributed by atoms with Gasteiger partial charge in [-0.1, -0.05) is 114 Å². The van der Waals surface area contributed by atoms with E-state index >= 15 is 0 Å². The molecule has 0 bridgehead atoms. The zero-order valence-electron chi connectivity index (χ0n) is 22.5. The number of fused-ring (bicyclic) bond motifs is 6. The predicted octanol–water partition coefficient (Wildman–Crippen LogP) is 9.32. The molecule has 0 saturated heterocycles. The van der Waals surface area contributed by atoms with Gasteiger partial charge < -0.3 is 5.11 Å². The molecule has 0 aliphatic heterocycles. The molecule has 1 radical (unpaired) electrons. The number of aliphatic hydroxyl groups excluding tert-OH is 1. The molecule has 0 saturated carbocycles. The number of aromatic nitrogens is 1. The minimum absolute atomic E-state index is 0. The first-order valence-electron chi connectivity index (χ1n) is 12.9. The maximum Gasteiger partial charge on any atom is 0.155 e. The standard InChI is InChI=1S/C30H22N.C5H8O2.Ir/c1-19(2)20-11-13-24-22(17-20)12-15-29-27(24)14-16-30(31-29)28-18-21-7-3-4-8-23(21)25-9-5-6-10-26(25)28;1-4(6)3-5(2)7;/h3-17,19H,1-2H3;3,6H,1-2H3;/q-1;;/b;4-3-;. The zero-order chi connectivity index (χ0) is 26.8. The molecule has 197 valence electrons. The molecule has 0 fully saturated rings. The number of nitrogens with zero attached hydrogens (tertiary/aromatic N) is 1. The Bertz CT molecular complexity index is 1850. The van der Waals surface area contributed by atoms with Crippen LogP contribution in [-0.2, 0) is 24.9 Å². The van der Waals surface area contributed by atoms with Gasteiger partial charge in [0.05, 0.1) is 11.3 Å². The van der Waals surface area contributed by atoms with Crippen molar-refractivity contribution >= 4 is 49.0 Å². The van der Waals surface area contributed by atoms with Crippen molar-refractivity contribution in [3.63, 3.8) is 0 Å². The summed E-state index contributed by atoms with van der Waals surface area (Å²) in [7, 11) is 0. The van der Waals surface area contributed by atoms with Crippen molar-refractivity contribution in [2.24, 2.45) is 0 Å². The minimum atomic E-state index is -0.125. The average Bonchev–Trinajstić information content (AvgIpc) is 2.91. The summed E-state index contributed by atoms with van der Waals surface area (Å²) in [6.07, 6.45) is 1.17. The molecule has 1 aromatic heterocycles. The Morgan fingerprint density at radius 1 is 0.795 bits per heavy atom. The van der Waals surface area contributed by atoms with Crippen LogP contribution in [0.4, 0.5) is 0 Å². The number of hydrogen-bond acceptors (Lipinski definition) is 3. The number of rotatable bonds is 3. The maximum absolute atomic E-state index is 10.0. The third-order valence-electron chi connectivity index (χ3n) is 6.72. The van der Waals surface area contributed by atoms with Gasteiger partial charge in [-0.2, -0.15) is 0 Å². The van der Waals surface area contributed by atoms with Crippen molar-refractivity contribution in [3.8, 4) is 11.3 Å². The van der Waals surface area contributed by atoms with Gasteiger partial charge in [-0.25, -0.2) is 0 Å². The van der Waals surface area contributed by atoms with Gasteiger partial charge in [-0.3, -0.25) is 9.78 Å².